The number of nitrogens with two attached hydrogens (primary N) is 1. The molecule has 0 fully saturated rings. The first-order valence-electron chi connectivity index (χ1n) is 5.47. The molecule has 0 bridgehead atoms. The van der Waals surface area contributed by atoms with Crippen LogP contribution in [0.4, 0.5) is 14.5 Å². The highest BCUT2D eigenvalue weighted by molar-refractivity contribution is 5.55. The normalized spacial score (nSPS) is 10.4. The lowest BCUT2D eigenvalue weighted by atomic mass is 10.1. The lowest BCUT2D eigenvalue weighted by Crippen LogP contribution is -1.97. The Bertz CT molecular complexity index is 597. The first-order valence-corrected chi connectivity index (χ1v) is 5.47. The van der Waals surface area contributed by atoms with Crippen LogP contribution in [0.3, 0.4) is 0 Å². The van der Waals surface area contributed by atoms with Crippen LogP contribution in [-0.2, 0) is 0 Å². The van der Waals surface area contributed by atoms with Gasteiger partial charge in [0.25, 0.3) is 0 Å². The maximum absolute atomic E-state index is 13.1. The standard InChI is InChI=1S/C14H13F2NO/c1-8-4-3-5-13(9(8)2)18-14-7-11(16)10(15)6-12(14)17/h3-7H,17H2,1-2H3. The van der Waals surface area contributed by atoms with Crippen molar-refractivity contribution in [2.45, 2.75) is 13.8 Å². The van der Waals surface area contributed by atoms with Crippen molar-refractivity contribution in [3.05, 3.63) is 53.1 Å². The first-order chi connectivity index (χ1) is 8.49. The average molecular weight is 249 g/mol. The monoisotopic (exact) mass is 249 g/mol. The summed E-state index contributed by atoms with van der Waals surface area (Å²) < 4.78 is 31.6. The van der Waals surface area contributed by atoms with Crippen LogP contribution in [0.5, 0.6) is 11.5 Å². The highest BCUT2D eigenvalue weighted by Gasteiger charge is 2.11. The molecule has 2 rings (SSSR count). The van der Waals surface area contributed by atoms with Gasteiger partial charge in [0.2, 0.25) is 0 Å². The van der Waals surface area contributed by atoms with Crippen molar-refractivity contribution in [3.63, 3.8) is 0 Å². The highest BCUT2D eigenvalue weighted by Crippen LogP contribution is 2.32. The predicted molar refractivity (Wildman–Crippen MR) is 66.8 cm³/mol. The summed E-state index contributed by atoms with van der Waals surface area (Å²) in [4.78, 5) is 0. The number of anilines is 1. The number of halogens is 2. The number of ether oxygens (including phenoxy) is 1. The third-order valence-electron chi connectivity index (χ3n) is 2.83. The largest absolute Gasteiger partial charge is 0.455 e. The van der Waals surface area contributed by atoms with Crippen LogP contribution < -0.4 is 10.5 Å². The maximum Gasteiger partial charge on any atom is 0.162 e. The molecule has 0 spiro atoms. The van der Waals surface area contributed by atoms with Gasteiger partial charge in [0, 0.05) is 12.1 Å². The molecular formula is C14H13F2NO. The molecule has 2 aromatic carbocycles. The molecule has 0 saturated carbocycles. The molecule has 0 aromatic heterocycles. The van der Waals surface area contributed by atoms with Gasteiger partial charge in [-0.25, -0.2) is 8.78 Å². The van der Waals surface area contributed by atoms with Gasteiger partial charge in [-0.15, -0.1) is 0 Å². The smallest absolute Gasteiger partial charge is 0.162 e. The Morgan fingerprint density at radius 2 is 1.67 bits per heavy atom. The molecule has 0 radical (unpaired) electrons. The van der Waals surface area contributed by atoms with Gasteiger partial charge in [-0.1, -0.05) is 12.1 Å². The summed E-state index contributed by atoms with van der Waals surface area (Å²) >= 11 is 0. The SMILES string of the molecule is Cc1cccc(Oc2cc(F)c(F)cc2N)c1C. The van der Waals surface area contributed by atoms with E-state index in [1.165, 1.54) is 0 Å². The topological polar surface area (TPSA) is 35.2 Å². The van der Waals surface area contributed by atoms with E-state index >= 15 is 0 Å². The van der Waals surface area contributed by atoms with Crippen molar-refractivity contribution < 1.29 is 13.5 Å². The summed E-state index contributed by atoms with van der Waals surface area (Å²) in [6.45, 7) is 3.83. The fraction of sp³-hybridized carbons (Fsp3) is 0.143. The Morgan fingerprint density at radius 1 is 1.00 bits per heavy atom. The predicted octanol–water partition coefficient (Wildman–Crippen LogP) is 3.96. The molecule has 4 heteroatoms. The van der Waals surface area contributed by atoms with E-state index in [9.17, 15) is 8.78 Å². The second-order valence-corrected chi connectivity index (χ2v) is 4.10. The Kier molecular flexibility index (Phi) is 3.19. The summed E-state index contributed by atoms with van der Waals surface area (Å²) in [7, 11) is 0. The number of benzene rings is 2. The summed E-state index contributed by atoms with van der Waals surface area (Å²) in [6, 6.07) is 7.38. The van der Waals surface area contributed by atoms with E-state index in [1.54, 1.807) is 6.07 Å². The third kappa shape index (κ3) is 2.27. The Balaban J connectivity index is 2.40. The highest BCUT2D eigenvalue weighted by atomic mass is 19.2. The third-order valence-corrected chi connectivity index (χ3v) is 2.83. The molecule has 0 heterocycles. The summed E-state index contributed by atoms with van der Waals surface area (Å²) in [5.74, 6) is -1.28. The van der Waals surface area contributed by atoms with E-state index in [0.717, 1.165) is 23.3 Å². The zero-order chi connectivity index (χ0) is 13.3. The van der Waals surface area contributed by atoms with Crippen molar-refractivity contribution in [2.75, 3.05) is 5.73 Å². The summed E-state index contributed by atoms with van der Waals surface area (Å²) in [6.07, 6.45) is 0. The van der Waals surface area contributed by atoms with Crippen molar-refractivity contribution in [1.82, 2.24) is 0 Å². The summed E-state index contributed by atoms with van der Waals surface area (Å²) in [5, 5.41) is 0. The van der Waals surface area contributed by atoms with Crippen LogP contribution in [0.2, 0.25) is 0 Å². The van der Waals surface area contributed by atoms with E-state index in [4.69, 9.17) is 10.5 Å². The van der Waals surface area contributed by atoms with E-state index in [2.05, 4.69) is 0 Å². The van der Waals surface area contributed by atoms with Crippen LogP contribution in [0.1, 0.15) is 11.1 Å². The maximum atomic E-state index is 13.1. The van der Waals surface area contributed by atoms with Crippen LogP contribution in [-0.4, -0.2) is 0 Å². The van der Waals surface area contributed by atoms with Crippen molar-refractivity contribution in [1.29, 1.82) is 0 Å². The molecule has 0 saturated heterocycles. The fourth-order valence-electron chi connectivity index (χ4n) is 1.59. The molecule has 2 nitrogen and oxygen atoms in total. The van der Waals surface area contributed by atoms with Crippen LogP contribution in [0.25, 0.3) is 0 Å². The Labute approximate surface area is 104 Å². The first kappa shape index (κ1) is 12.4. The lowest BCUT2D eigenvalue weighted by Gasteiger charge is -2.12. The van der Waals surface area contributed by atoms with Gasteiger partial charge in [-0.2, -0.15) is 0 Å². The van der Waals surface area contributed by atoms with Gasteiger partial charge in [-0.3, -0.25) is 0 Å². The van der Waals surface area contributed by atoms with Gasteiger partial charge < -0.3 is 10.5 Å². The number of hydrogen-bond donors (Lipinski definition) is 1. The second-order valence-electron chi connectivity index (χ2n) is 4.10. The zero-order valence-electron chi connectivity index (χ0n) is 10.1. The molecule has 2 aromatic rings. The van der Waals surface area contributed by atoms with E-state index in [-0.39, 0.29) is 11.4 Å². The number of hydrogen-bond acceptors (Lipinski definition) is 2. The molecule has 0 aliphatic rings. The molecule has 18 heavy (non-hydrogen) atoms. The Morgan fingerprint density at radius 3 is 2.39 bits per heavy atom. The van der Waals surface area contributed by atoms with Crippen molar-refractivity contribution >= 4 is 5.69 Å². The van der Waals surface area contributed by atoms with Crippen LogP contribution in [0, 0.1) is 25.5 Å². The number of aryl methyl sites for hydroxylation is 1. The van der Waals surface area contributed by atoms with Gasteiger partial charge in [-0.05, 0) is 31.0 Å². The zero-order valence-corrected chi connectivity index (χ0v) is 10.1. The summed E-state index contributed by atoms with van der Waals surface area (Å²) in [5.41, 5.74) is 7.64. The van der Waals surface area contributed by atoms with Gasteiger partial charge in [0.15, 0.2) is 17.4 Å². The van der Waals surface area contributed by atoms with E-state index in [1.807, 2.05) is 26.0 Å². The van der Waals surface area contributed by atoms with Crippen LogP contribution >= 0.6 is 0 Å². The number of rotatable bonds is 2. The van der Waals surface area contributed by atoms with Crippen molar-refractivity contribution in [3.8, 4) is 11.5 Å². The fourth-order valence-corrected chi connectivity index (χ4v) is 1.59. The quantitative estimate of drug-likeness (QED) is 0.818. The average Bonchev–Trinajstić information content (AvgIpc) is 2.32. The van der Waals surface area contributed by atoms with E-state index in [0.29, 0.717) is 5.75 Å². The molecule has 0 atom stereocenters. The molecule has 0 aliphatic heterocycles. The molecule has 94 valence electrons. The molecule has 0 unspecified atom stereocenters. The lowest BCUT2D eigenvalue weighted by molar-refractivity contribution is 0.461. The minimum atomic E-state index is -0.985. The minimum absolute atomic E-state index is 0.0646. The minimum Gasteiger partial charge on any atom is -0.455 e. The second kappa shape index (κ2) is 4.64. The Hall–Kier alpha value is -2.10. The van der Waals surface area contributed by atoms with Gasteiger partial charge >= 0.3 is 0 Å². The van der Waals surface area contributed by atoms with Crippen LogP contribution in [0.15, 0.2) is 30.3 Å². The molecule has 2 N–H and O–H groups in total. The number of nitrogen functional groups attached to an aromatic ring is 1. The van der Waals surface area contributed by atoms with E-state index < -0.39 is 11.6 Å². The molecule has 0 aliphatic carbocycles. The van der Waals surface area contributed by atoms with Gasteiger partial charge in [0.1, 0.15) is 5.75 Å². The van der Waals surface area contributed by atoms with Gasteiger partial charge in [0.05, 0.1) is 5.69 Å². The molecule has 0 amide bonds. The molecular weight excluding hydrogens is 236 g/mol. The van der Waals surface area contributed by atoms with Crippen molar-refractivity contribution in [2.24, 2.45) is 0 Å².